The predicted molar refractivity (Wildman–Crippen MR) is 86.5 cm³/mol. The van der Waals surface area contributed by atoms with Gasteiger partial charge in [-0.3, -0.25) is 19.2 Å². The highest BCUT2D eigenvalue weighted by Gasteiger charge is 2.38. The average Bonchev–Trinajstić information content (AvgIpc) is 3.18. The van der Waals surface area contributed by atoms with Crippen LogP contribution in [0.3, 0.4) is 0 Å². The van der Waals surface area contributed by atoms with Gasteiger partial charge in [-0.05, 0) is 25.2 Å². The van der Waals surface area contributed by atoms with Crippen LogP contribution in [0.2, 0.25) is 0 Å². The number of primary amides is 1. The zero-order valence-corrected chi connectivity index (χ0v) is 14.1. The number of amides is 4. The minimum Gasteiger partial charge on any atom is -0.370 e. The van der Waals surface area contributed by atoms with Gasteiger partial charge < -0.3 is 20.9 Å². The molecule has 134 valence electrons. The number of nitrogens with two attached hydrogens (primary N) is 1. The molecule has 0 spiro atoms. The molecule has 2 fully saturated rings. The van der Waals surface area contributed by atoms with E-state index in [1.54, 1.807) is 4.90 Å². The predicted octanol–water partition coefficient (Wildman–Crippen LogP) is -0.772. The SMILES string of the molecule is CC(=O)NCC(=O)N1CCCC1C1CCN(C(=O)CCC(N)=O)C1. The summed E-state index contributed by atoms with van der Waals surface area (Å²) < 4.78 is 0. The van der Waals surface area contributed by atoms with Gasteiger partial charge in [0.25, 0.3) is 0 Å². The molecule has 0 radical (unpaired) electrons. The number of rotatable bonds is 6. The summed E-state index contributed by atoms with van der Waals surface area (Å²) in [7, 11) is 0. The molecule has 0 saturated carbocycles. The van der Waals surface area contributed by atoms with Crippen molar-refractivity contribution in [1.82, 2.24) is 15.1 Å². The van der Waals surface area contributed by atoms with Gasteiger partial charge >= 0.3 is 0 Å². The molecule has 2 atom stereocenters. The lowest BCUT2D eigenvalue weighted by Gasteiger charge is -2.29. The maximum absolute atomic E-state index is 12.3. The molecule has 0 aromatic heterocycles. The number of carbonyl (C=O) groups excluding carboxylic acids is 4. The average molecular weight is 338 g/mol. The van der Waals surface area contributed by atoms with Gasteiger partial charge in [0.1, 0.15) is 0 Å². The number of nitrogens with one attached hydrogen (secondary N) is 1. The van der Waals surface area contributed by atoms with E-state index >= 15 is 0 Å². The Hall–Kier alpha value is -2.12. The van der Waals surface area contributed by atoms with Crippen molar-refractivity contribution < 1.29 is 19.2 Å². The van der Waals surface area contributed by atoms with Gasteiger partial charge in [0, 0.05) is 45.4 Å². The molecular formula is C16H26N4O4. The van der Waals surface area contributed by atoms with Crippen molar-refractivity contribution in [3.05, 3.63) is 0 Å². The van der Waals surface area contributed by atoms with Crippen LogP contribution in [-0.4, -0.2) is 65.6 Å². The van der Waals surface area contributed by atoms with E-state index in [-0.39, 0.29) is 49.1 Å². The second kappa shape index (κ2) is 8.12. The Labute approximate surface area is 141 Å². The fraction of sp³-hybridized carbons (Fsp3) is 0.750. The Morgan fingerprint density at radius 1 is 1.08 bits per heavy atom. The van der Waals surface area contributed by atoms with Gasteiger partial charge in [-0.1, -0.05) is 0 Å². The maximum atomic E-state index is 12.3. The summed E-state index contributed by atoms with van der Waals surface area (Å²) >= 11 is 0. The number of hydrogen-bond donors (Lipinski definition) is 2. The molecule has 0 aromatic rings. The van der Waals surface area contributed by atoms with Crippen LogP contribution in [0.15, 0.2) is 0 Å². The van der Waals surface area contributed by atoms with Crippen LogP contribution >= 0.6 is 0 Å². The lowest BCUT2D eigenvalue weighted by molar-refractivity contribution is -0.134. The molecule has 2 aliphatic heterocycles. The van der Waals surface area contributed by atoms with Gasteiger partial charge in [0.15, 0.2) is 0 Å². The fourth-order valence-corrected chi connectivity index (χ4v) is 3.61. The maximum Gasteiger partial charge on any atom is 0.242 e. The monoisotopic (exact) mass is 338 g/mol. The first kappa shape index (κ1) is 18.2. The molecule has 24 heavy (non-hydrogen) atoms. The second-order valence-electron chi connectivity index (χ2n) is 6.56. The van der Waals surface area contributed by atoms with E-state index in [4.69, 9.17) is 5.73 Å². The summed E-state index contributed by atoms with van der Waals surface area (Å²) in [5.74, 6) is -0.543. The van der Waals surface area contributed by atoms with Gasteiger partial charge in [0.05, 0.1) is 6.54 Å². The molecule has 2 unspecified atom stereocenters. The summed E-state index contributed by atoms with van der Waals surface area (Å²) in [6.07, 6.45) is 2.96. The van der Waals surface area contributed by atoms with E-state index in [2.05, 4.69) is 5.32 Å². The molecule has 4 amide bonds. The summed E-state index contributed by atoms with van der Waals surface area (Å²) in [6.45, 7) is 3.40. The van der Waals surface area contributed by atoms with E-state index in [9.17, 15) is 19.2 Å². The third-order valence-electron chi connectivity index (χ3n) is 4.81. The lowest BCUT2D eigenvalue weighted by Crippen LogP contribution is -2.45. The summed E-state index contributed by atoms with van der Waals surface area (Å²) in [5, 5.41) is 2.55. The van der Waals surface area contributed by atoms with Crippen LogP contribution in [0.25, 0.3) is 0 Å². The van der Waals surface area contributed by atoms with Crippen LogP contribution in [0, 0.1) is 5.92 Å². The molecule has 8 nitrogen and oxygen atoms in total. The summed E-state index contributed by atoms with van der Waals surface area (Å²) in [4.78, 5) is 49.8. The Morgan fingerprint density at radius 2 is 1.83 bits per heavy atom. The number of nitrogens with zero attached hydrogens (tertiary/aromatic N) is 2. The number of carbonyl (C=O) groups is 4. The Balaban J connectivity index is 1.87. The number of likely N-dealkylation sites (tertiary alicyclic amines) is 2. The lowest BCUT2D eigenvalue weighted by atomic mass is 9.96. The van der Waals surface area contributed by atoms with Crippen LogP contribution in [0.4, 0.5) is 0 Å². The molecule has 8 heteroatoms. The van der Waals surface area contributed by atoms with Crippen LogP contribution in [-0.2, 0) is 19.2 Å². The Bertz CT molecular complexity index is 522. The molecule has 2 saturated heterocycles. The normalized spacial score (nSPS) is 23.4. The standard InChI is InChI=1S/C16H26N4O4/c1-11(21)18-9-16(24)20-7-2-3-13(20)12-6-8-19(10-12)15(23)5-4-14(17)22/h12-13H,2-10H2,1H3,(H2,17,22)(H,18,21). The van der Waals surface area contributed by atoms with Gasteiger partial charge in [-0.2, -0.15) is 0 Å². The van der Waals surface area contributed by atoms with Crippen LogP contribution in [0.5, 0.6) is 0 Å². The quantitative estimate of drug-likeness (QED) is 0.662. The minimum absolute atomic E-state index is 0.0276. The summed E-state index contributed by atoms with van der Waals surface area (Å²) in [6, 6.07) is 0.125. The highest BCUT2D eigenvalue weighted by Crippen LogP contribution is 2.30. The van der Waals surface area contributed by atoms with Crippen molar-refractivity contribution in [1.29, 1.82) is 0 Å². The Kier molecular flexibility index (Phi) is 6.16. The third-order valence-corrected chi connectivity index (χ3v) is 4.81. The first-order valence-electron chi connectivity index (χ1n) is 8.48. The highest BCUT2D eigenvalue weighted by molar-refractivity contribution is 5.84. The molecule has 0 aliphatic carbocycles. The smallest absolute Gasteiger partial charge is 0.242 e. The van der Waals surface area contributed by atoms with Crippen molar-refractivity contribution in [2.75, 3.05) is 26.2 Å². The minimum atomic E-state index is -0.468. The highest BCUT2D eigenvalue weighted by atomic mass is 16.2. The van der Waals surface area contributed by atoms with E-state index in [1.165, 1.54) is 6.92 Å². The number of hydrogen-bond acceptors (Lipinski definition) is 4. The van der Waals surface area contributed by atoms with Gasteiger partial charge in [-0.15, -0.1) is 0 Å². The Morgan fingerprint density at radius 3 is 2.50 bits per heavy atom. The first-order chi connectivity index (χ1) is 11.4. The topological polar surface area (TPSA) is 113 Å². The molecule has 2 aliphatic rings. The molecule has 0 bridgehead atoms. The van der Waals surface area contributed by atoms with Crippen molar-refractivity contribution in [2.24, 2.45) is 11.7 Å². The third kappa shape index (κ3) is 4.69. The molecular weight excluding hydrogens is 312 g/mol. The van der Waals surface area contributed by atoms with Crippen LogP contribution < -0.4 is 11.1 Å². The first-order valence-corrected chi connectivity index (χ1v) is 8.48. The molecule has 2 rings (SSSR count). The van der Waals surface area contributed by atoms with Gasteiger partial charge in [0.2, 0.25) is 23.6 Å². The second-order valence-corrected chi connectivity index (χ2v) is 6.56. The van der Waals surface area contributed by atoms with Crippen molar-refractivity contribution in [2.45, 2.75) is 45.1 Å². The van der Waals surface area contributed by atoms with Crippen molar-refractivity contribution in [3.63, 3.8) is 0 Å². The van der Waals surface area contributed by atoms with E-state index in [1.807, 2.05) is 4.90 Å². The molecule has 0 aromatic carbocycles. The van der Waals surface area contributed by atoms with E-state index in [0.29, 0.717) is 19.6 Å². The zero-order chi connectivity index (χ0) is 17.7. The summed E-state index contributed by atoms with van der Waals surface area (Å²) in [5.41, 5.74) is 5.08. The largest absolute Gasteiger partial charge is 0.370 e. The van der Waals surface area contributed by atoms with Crippen LogP contribution in [0.1, 0.15) is 39.0 Å². The molecule has 3 N–H and O–H groups in total. The van der Waals surface area contributed by atoms with Crippen molar-refractivity contribution >= 4 is 23.6 Å². The fourth-order valence-electron chi connectivity index (χ4n) is 3.61. The van der Waals surface area contributed by atoms with E-state index < -0.39 is 5.91 Å². The zero-order valence-electron chi connectivity index (χ0n) is 14.1. The van der Waals surface area contributed by atoms with Gasteiger partial charge in [-0.25, -0.2) is 0 Å². The molecule has 2 heterocycles. The van der Waals surface area contributed by atoms with Crippen molar-refractivity contribution in [3.8, 4) is 0 Å². The van der Waals surface area contributed by atoms with E-state index in [0.717, 1.165) is 19.3 Å².